The number of hydrogen-bond acceptors (Lipinski definition) is 2. The maximum Gasteiger partial charge on any atom is 0.216 e. The van der Waals surface area contributed by atoms with Gasteiger partial charge >= 0.3 is 0 Å². The molecule has 4 heteroatoms. The number of rotatable bonds is 4. The monoisotopic (exact) mass is 308 g/mol. The summed E-state index contributed by atoms with van der Waals surface area (Å²) in [6, 6.07) is 6.73. The summed E-state index contributed by atoms with van der Waals surface area (Å²) in [5.41, 5.74) is 5.57. The highest BCUT2D eigenvalue weighted by Gasteiger charge is 2.45. The van der Waals surface area contributed by atoms with Gasteiger partial charge in [0.15, 0.2) is 0 Å². The van der Waals surface area contributed by atoms with Crippen molar-refractivity contribution in [1.29, 1.82) is 0 Å². The highest BCUT2D eigenvalue weighted by Crippen LogP contribution is 2.40. The topological polar surface area (TPSA) is 35.6 Å². The molecule has 1 N–H and O–H groups in total. The van der Waals surface area contributed by atoms with Crippen LogP contribution >= 0.6 is 0 Å². The van der Waals surface area contributed by atoms with E-state index in [0.717, 1.165) is 12.1 Å². The first-order valence-electron chi connectivity index (χ1n) is 7.37. The first kappa shape index (κ1) is 17.7. The van der Waals surface area contributed by atoms with Gasteiger partial charge in [-0.2, -0.15) is 4.58 Å². The molecule has 3 nitrogen and oxygen atoms in total. The fraction of sp³-hybridized carbons (Fsp3) is 0.529. The Balaban J connectivity index is 0.00000220. The van der Waals surface area contributed by atoms with Gasteiger partial charge in [0, 0.05) is 11.6 Å². The second kappa shape index (κ2) is 6.61. The largest absolute Gasteiger partial charge is 1.00 e. The summed E-state index contributed by atoms with van der Waals surface area (Å²) in [7, 11) is 2.04. The highest BCUT2D eigenvalue weighted by atomic mass is 35.5. The lowest BCUT2D eigenvalue weighted by Crippen LogP contribution is -3.00. The SMILES string of the molecule is CCCCc1ccc2c(c1)C(C)(C)C(C(C)=NO)=[N+]2C.[Cl-]. The lowest BCUT2D eigenvalue weighted by atomic mass is 9.79. The maximum atomic E-state index is 9.14. The molecule has 0 aromatic heterocycles. The average Bonchev–Trinajstić information content (AvgIpc) is 2.63. The molecule has 0 aliphatic carbocycles. The molecule has 0 saturated carbocycles. The highest BCUT2D eigenvalue weighted by molar-refractivity contribution is 6.43. The number of aryl methyl sites for hydroxylation is 1. The van der Waals surface area contributed by atoms with Crippen LogP contribution in [0.2, 0.25) is 0 Å². The number of unbranched alkanes of at least 4 members (excludes halogenated alkanes) is 1. The zero-order valence-electron chi connectivity index (χ0n) is 13.6. The number of oxime groups is 1. The summed E-state index contributed by atoms with van der Waals surface area (Å²) in [6.07, 6.45) is 3.57. The minimum Gasteiger partial charge on any atom is -1.00 e. The van der Waals surface area contributed by atoms with Crippen molar-refractivity contribution in [2.75, 3.05) is 7.05 Å². The number of halogens is 1. The molecule has 0 fully saturated rings. The summed E-state index contributed by atoms with van der Waals surface area (Å²) < 4.78 is 2.15. The zero-order chi connectivity index (χ0) is 14.9. The van der Waals surface area contributed by atoms with E-state index in [1.165, 1.54) is 29.7 Å². The molecule has 116 valence electrons. The Kier molecular flexibility index (Phi) is 5.57. The van der Waals surface area contributed by atoms with E-state index >= 15 is 0 Å². The van der Waals surface area contributed by atoms with Crippen LogP contribution in [0, 0.1) is 0 Å². The standard InChI is InChI=1S/C17H24N2O.ClH/c1-6-7-8-13-9-10-15-14(11-13)17(3,4)16(19(15)5)12(2)18-20;/h9-11H,6-8H2,1-5H3;1H. The molecule has 1 aliphatic heterocycles. The molecule has 1 aromatic carbocycles. The van der Waals surface area contributed by atoms with Crippen molar-refractivity contribution < 1.29 is 22.2 Å². The second-order valence-corrected chi connectivity index (χ2v) is 6.17. The second-order valence-electron chi connectivity index (χ2n) is 6.17. The van der Waals surface area contributed by atoms with Gasteiger partial charge < -0.3 is 17.6 Å². The predicted octanol–water partition coefficient (Wildman–Crippen LogP) is 0.889. The van der Waals surface area contributed by atoms with E-state index < -0.39 is 0 Å². The number of hydrogen-bond donors (Lipinski definition) is 1. The van der Waals surface area contributed by atoms with Crippen molar-refractivity contribution in [3.05, 3.63) is 29.3 Å². The van der Waals surface area contributed by atoms with Crippen LogP contribution in [-0.2, 0) is 11.8 Å². The van der Waals surface area contributed by atoms with Gasteiger partial charge in [-0.3, -0.25) is 0 Å². The molecule has 0 radical (unpaired) electrons. The molecular weight excluding hydrogens is 284 g/mol. The Morgan fingerprint density at radius 2 is 2.00 bits per heavy atom. The minimum atomic E-state index is -0.122. The fourth-order valence-electron chi connectivity index (χ4n) is 3.32. The van der Waals surface area contributed by atoms with Crippen LogP contribution < -0.4 is 12.4 Å². The van der Waals surface area contributed by atoms with Crippen molar-refractivity contribution in [3.8, 4) is 0 Å². The normalized spacial score (nSPS) is 16.7. The van der Waals surface area contributed by atoms with Gasteiger partial charge in [-0.1, -0.05) is 24.6 Å². The summed E-state index contributed by atoms with van der Waals surface area (Å²) in [4.78, 5) is 0. The molecule has 0 amide bonds. The number of fused-ring (bicyclic) bond motifs is 1. The van der Waals surface area contributed by atoms with Gasteiger partial charge in [-0.05, 0) is 45.2 Å². The third-order valence-electron chi connectivity index (χ3n) is 4.33. The molecule has 0 spiro atoms. The van der Waals surface area contributed by atoms with Gasteiger partial charge in [0.05, 0.1) is 5.41 Å². The van der Waals surface area contributed by atoms with Crippen LogP contribution in [0.25, 0.3) is 0 Å². The molecular formula is C17H25ClN2O. The first-order valence-corrected chi connectivity index (χ1v) is 7.37. The third-order valence-corrected chi connectivity index (χ3v) is 4.33. The Hall–Kier alpha value is -1.35. The molecule has 2 rings (SSSR count). The minimum absolute atomic E-state index is 0. The fourth-order valence-corrected chi connectivity index (χ4v) is 3.32. The van der Waals surface area contributed by atoms with Crippen LogP contribution in [0.3, 0.4) is 0 Å². The summed E-state index contributed by atoms with van der Waals surface area (Å²) >= 11 is 0. The van der Waals surface area contributed by atoms with Crippen LogP contribution in [0.1, 0.15) is 51.7 Å². The summed E-state index contributed by atoms with van der Waals surface area (Å²) in [5.74, 6) is 0. The molecule has 1 aromatic rings. The smallest absolute Gasteiger partial charge is 0.216 e. The quantitative estimate of drug-likeness (QED) is 0.381. The van der Waals surface area contributed by atoms with E-state index in [4.69, 9.17) is 5.21 Å². The van der Waals surface area contributed by atoms with E-state index in [-0.39, 0.29) is 17.8 Å². The molecule has 0 atom stereocenters. The van der Waals surface area contributed by atoms with Crippen molar-refractivity contribution in [2.45, 2.75) is 52.4 Å². The van der Waals surface area contributed by atoms with E-state index in [0.29, 0.717) is 5.71 Å². The summed E-state index contributed by atoms with van der Waals surface area (Å²) in [5, 5.41) is 12.5. The van der Waals surface area contributed by atoms with E-state index in [1.807, 2.05) is 14.0 Å². The molecule has 0 unspecified atom stereocenters. The first-order chi connectivity index (χ1) is 9.43. The average molecular weight is 309 g/mol. The molecule has 0 bridgehead atoms. The van der Waals surface area contributed by atoms with Gasteiger partial charge in [-0.25, -0.2) is 0 Å². The Morgan fingerprint density at radius 3 is 2.57 bits per heavy atom. The van der Waals surface area contributed by atoms with Gasteiger partial charge in [-0.15, -0.1) is 0 Å². The lowest BCUT2D eigenvalue weighted by Gasteiger charge is -2.17. The van der Waals surface area contributed by atoms with E-state index in [2.05, 4.69) is 48.7 Å². The van der Waals surface area contributed by atoms with E-state index in [9.17, 15) is 0 Å². The molecule has 0 saturated heterocycles. The Morgan fingerprint density at radius 1 is 1.33 bits per heavy atom. The van der Waals surface area contributed by atoms with Crippen molar-refractivity contribution >= 4 is 17.1 Å². The molecule has 21 heavy (non-hydrogen) atoms. The van der Waals surface area contributed by atoms with Gasteiger partial charge in [0.1, 0.15) is 12.8 Å². The van der Waals surface area contributed by atoms with Gasteiger partial charge in [0.2, 0.25) is 11.4 Å². The Labute approximate surface area is 133 Å². The van der Waals surface area contributed by atoms with E-state index in [1.54, 1.807) is 0 Å². The molecule has 1 heterocycles. The Bertz CT molecular complexity index is 588. The molecule has 1 aliphatic rings. The van der Waals surface area contributed by atoms with Crippen LogP contribution in [0.15, 0.2) is 23.4 Å². The zero-order valence-corrected chi connectivity index (χ0v) is 14.3. The van der Waals surface area contributed by atoms with Crippen LogP contribution in [-0.4, -0.2) is 28.3 Å². The van der Waals surface area contributed by atoms with Gasteiger partial charge in [0.25, 0.3) is 0 Å². The number of benzene rings is 1. The maximum absolute atomic E-state index is 9.14. The third kappa shape index (κ3) is 2.98. The van der Waals surface area contributed by atoms with Crippen molar-refractivity contribution in [2.24, 2.45) is 5.16 Å². The summed E-state index contributed by atoms with van der Waals surface area (Å²) in [6.45, 7) is 8.47. The number of nitrogens with zero attached hydrogens (tertiary/aromatic N) is 2. The van der Waals surface area contributed by atoms with Crippen molar-refractivity contribution in [3.63, 3.8) is 0 Å². The predicted molar refractivity (Wildman–Crippen MR) is 83.8 cm³/mol. The van der Waals surface area contributed by atoms with Crippen molar-refractivity contribution in [1.82, 2.24) is 0 Å². The lowest BCUT2D eigenvalue weighted by molar-refractivity contribution is -0.400. The van der Waals surface area contributed by atoms with Crippen LogP contribution in [0.4, 0.5) is 5.69 Å². The van der Waals surface area contributed by atoms with Crippen LogP contribution in [0.5, 0.6) is 0 Å².